The van der Waals surface area contributed by atoms with Gasteiger partial charge in [-0.15, -0.1) is 24.8 Å². The first kappa shape index (κ1) is 19.2. The molecular weight excluding hydrogens is 373 g/mol. The Morgan fingerprint density at radius 1 is 1.15 bits per heavy atom. The quantitative estimate of drug-likeness (QED) is 0.865. The van der Waals surface area contributed by atoms with E-state index in [4.69, 9.17) is 9.47 Å². The number of hydrogen-bond acceptors (Lipinski definition) is 5. The minimum atomic E-state index is -0.0894. The third kappa shape index (κ3) is 3.62. The molecule has 1 aromatic heterocycles. The Labute approximate surface area is 165 Å². The first-order valence-corrected chi connectivity index (χ1v) is 8.66. The number of nitrogens with zero attached hydrogens (tertiary/aromatic N) is 2. The predicted octanol–water partition coefficient (Wildman–Crippen LogP) is 2.98. The lowest BCUT2D eigenvalue weighted by atomic mass is 10.1. The van der Waals surface area contributed by atoms with Crippen molar-refractivity contribution in [2.75, 3.05) is 19.7 Å². The number of rotatable bonds is 3. The smallest absolute Gasteiger partial charge is 0.257 e. The van der Waals surface area contributed by atoms with Crippen LogP contribution in [0.25, 0.3) is 0 Å². The van der Waals surface area contributed by atoms with Gasteiger partial charge in [0.05, 0.1) is 0 Å². The molecule has 2 aromatic rings. The molecule has 2 bridgehead atoms. The lowest BCUT2D eigenvalue weighted by Gasteiger charge is -2.28. The highest BCUT2D eigenvalue weighted by Gasteiger charge is 2.37. The second-order valence-corrected chi connectivity index (χ2v) is 6.89. The van der Waals surface area contributed by atoms with Crippen LogP contribution in [-0.4, -0.2) is 41.7 Å². The minimum Gasteiger partial charge on any atom is -0.484 e. The molecule has 2 fully saturated rings. The molecule has 5 nitrogen and oxygen atoms in total. The summed E-state index contributed by atoms with van der Waals surface area (Å²) in [5.41, 5.74) is 2.50. The predicted molar refractivity (Wildman–Crippen MR) is 105 cm³/mol. The highest BCUT2D eigenvalue weighted by Crippen LogP contribution is 2.34. The van der Waals surface area contributed by atoms with Crippen molar-refractivity contribution in [3.8, 4) is 11.6 Å². The van der Waals surface area contributed by atoms with E-state index in [1.807, 2.05) is 12.1 Å². The van der Waals surface area contributed by atoms with Gasteiger partial charge in [0, 0.05) is 37.9 Å². The maximum Gasteiger partial charge on any atom is 0.257 e. The summed E-state index contributed by atoms with van der Waals surface area (Å²) in [6, 6.07) is 13.9. The van der Waals surface area contributed by atoms with Gasteiger partial charge < -0.3 is 14.8 Å². The number of likely N-dealkylation sites (tertiary alicyclic amines) is 1. The second kappa shape index (κ2) is 8.01. The molecule has 3 atom stereocenters. The molecule has 0 spiro atoms. The summed E-state index contributed by atoms with van der Waals surface area (Å²) in [5.74, 6) is 1.31. The second-order valence-electron chi connectivity index (χ2n) is 6.89. The molecule has 140 valence electrons. The number of fused-ring (bicyclic) bond motifs is 3. The summed E-state index contributed by atoms with van der Waals surface area (Å²) in [4.78, 5) is 6.84. The van der Waals surface area contributed by atoms with Crippen LogP contribution in [0.4, 0.5) is 0 Å². The van der Waals surface area contributed by atoms with Crippen LogP contribution in [-0.2, 0) is 6.54 Å². The monoisotopic (exact) mass is 395 g/mol. The maximum atomic E-state index is 5.98. The number of pyridine rings is 1. The fraction of sp³-hybridized carbons (Fsp3) is 0.421. The molecule has 0 amide bonds. The number of halogens is 2. The summed E-state index contributed by atoms with van der Waals surface area (Å²) in [7, 11) is 0. The van der Waals surface area contributed by atoms with Crippen molar-refractivity contribution in [2.45, 2.75) is 31.2 Å². The lowest BCUT2D eigenvalue weighted by molar-refractivity contribution is 0.0850. The first-order chi connectivity index (χ1) is 11.8. The molecule has 26 heavy (non-hydrogen) atoms. The van der Waals surface area contributed by atoms with Gasteiger partial charge in [0.15, 0.2) is 11.9 Å². The highest BCUT2D eigenvalue weighted by atomic mass is 35.5. The van der Waals surface area contributed by atoms with E-state index < -0.39 is 0 Å². The lowest BCUT2D eigenvalue weighted by Crippen LogP contribution is -2.42. The van der Waals surface area contributed by atoms with E-state index in [0.717, 1.165) is 24.4 Å². The van der Waals surface area contributed by atoms with E-state index in [2.05, 4.69) is 39.5 Å². The van der Waals surface area contributed by atoms with Crippen molar-refractivity contribution in [3.05, 3.63) is 53.7 Å². The van der Waals surface area contributed by atoms with Crippen molar-refractivity contribution in [2.24, 2.45) is 0 Å². The maximum absolute atomic E-state index is 5.98. The molecule has 1 N–H and O–H groups in total. The molecular formula is C19H23Cl2N3O2. The van der Waals surface area contributed by atoms with E-state index >= 15 is 0 Å². The molecule has 0 saturated carbocycles. The van der Waals surface area contributed by atoms with Crippen LogP contribution in [0.1, 0.15) is 23.7 Å². The molecule has 4 heterocycles. The van der Waals surface area contributed by atoms with Gasteiger partial charge >= 0.3 is 0 Å². The van der Waals surface area contributed by atoms with Gasteiger partial charge in [-0.2, -0.15) is 0 Å². The van der Waals surface area contributed by atoms with Crippen molar-refractivity contribution in [3.63, 3.8) is 0 Å². The van der Waals surface area contributed by atoms with Crippen molar-refractivity contribution < 1.29 is 9.47 Å². The van der Waals surface area contributed by atoms with Crippen LogP contribution in [0.15, 0.2) is 42.6 Å². The Bertz CT molecular complexity index is 744. The van der Waals surface area contributed by atoms with E-state index in [1.165, 1.54) is 18.5 Å². The number of hydrogen-bond donors (Lipinski definition) is 1. The van der Waals surface area contributed by atoms with Crippen LogP contribution in [0.3, 0.4) is 0 Å². The fourth-order valence-electron chi connectivity index (χ4n) is 3.99. The molecule has 5 rings (SSSR count). The molecule has 0 aliphatic carbocycles. The van der Waals surface area contributed by atoms with Gasteiger partial charge in [-0.25, -0.2) is 4.98 Å². The Morgan fingerprint density at radius 2 is 2.00 bits per heavy atom. The summed E-state index contributed by atoms with van der Waals surface area (Å²) in [6.07, 6.45) is 2.94. The fourth-order valence-corrected chi connectivity index (χ4v) is 3.99. The Morgan fingerprint density at radius 3 is 2.73 bits per heavy atom. The summed E-state index contributed by atoms with van der Waals surface area (Å²) in [6.45, 7) is 3.88. The van der Waals surface area contributed by atoms with E-state index in [0.29, 0.717) is 24.6 Å². The van der Waals surface area contributed by atoms with Crippen molar-refractivity contribution in [1.82, 2.24) is 15.2 Å². The molecule has 3 aliphatic heterocycles. The van der Waals surface area contributed by atoms with E-state index in [9.17, 15) is 0 Å². The van der Waals surface area contributed by atoms with Gasteiger partial charge in [0.1, 0.15) is 6.61 Å². The third-order valence-electron chi connectivity index (χ3n) is 5.29. The van der Waals surface area contributed by atoms with Crippen molar-refractivity contribution in [1.29, 1.82) is 0 Å². The number of aromatic nitrogens is 1. The Balaban J connectivity index is 0.000000980. The zero-order chi connectivity index (χ0) is 15.9. The van der Waals surface area contributed by atoms with Gasteiger partial charge in [-0.3, -0.25) is 4.90 Å². The zero-order valence-corrected chi connectivity index (χ0v) is 16.0. The van der Waals surface area contributed by atoms with E-state index in [1.54, 1.807) is 6.20 Å². The summed E-state index contributed by atoms with van der Waals surface area (Å²) in [5, 5.41) is 3.55. The van der Waals surface area contributed by atoms with Gasteiger partial charge in [0.2, 0.25) is 0 Å². The average molecular weight is 396 g/mol. The Kier molecular flexibility index (Phi) is 5.92. The molecule has 2 saturated heterocycles. The summed E-state index contributed by atoms with van der Waals surface area (Å²) < 4.78 is 11.7. The largest absolute Gasteiger partial charge is 0.484 e. The van der Waals surface area contributed by atoms with E-state index in [-0.39, 0.29) is 30.9 Å². The normalized spacial score (nSPS) is 26.1. The zero-order valence-electron chi connectivity index (χ0n) is 14.3. The van der Waals surface area contributed by atoms with Crippen LogP contribution < -0.4 is 14.8 Å². The number of piperazine rings is 1. The third-order valence-corrected chi connectivity index (χ3v) is 5.29. The topological polar surface area (TPSA) is 46.6 Å². The number of benzene rings is 1. The molecule has 3 unspecified atom stereocenters. The number of nitrogens with one attached hydrogen (secondary N) is 1. The van der Waals surface area contributed by atoms with Crippen LogP contribution in [0, 0.1) is 0 Å². The van der Waals surface area contributed by atoms with Crippen LogP contribution >= 0.6 is 24.8 Å². The highest BCUT2D eigenvalue weighted by molar-refractivity contribution is 5.85. The van der Waals surface area contributed by atoms with Gasteiger partial charge in [0.25, 0.3) is 5.88 Å². The Hall–Kier alpha value is -1.53. The average Bonchev–Trinajstić information content (AvgIpc) is 3.25. The van der Waals surface area contributed by atoms with Gasteiger partial charge in [-0.1, -0.05) is 24.3 Å². The van der Waals surface area contributed by atoms with Crippen molar-refractivity contribution >= 4 is 24.8 Å². The summed E-state index contributed by atoms with van der Waals surface area (Å²) >= 11 is 0. The SMILES string of the molecule is Cl.Cl.c1cnc2c(c1)OCC(c1ccc(CN3CC4CC3CN4)cc1)O2. The minimum absolute atomic E-state index is 0. The molecule has 1 aromatic carbocycles. The molecule has 7 heteroatoms. The standard InChI is InChI=1S/C19H21N3O2.2ClH/c1-2-17-19(20-7-1)24-18(12-23-17)14-5-3-13(4-6-14)10-22-11-15-8-16(22)9-21-15;;/h1-7,15-16,18,21H,8-12H2;2*1H. The van der Waals surface area contributed by atoms with Gasteiger partial charge in [-0.05, 0) is 29.7 Å². The molecule has 0 radical (unpaired) electrons. The first-order valence-electron chi connectivity index (χ1n) is 8.66. The van der Waals surface area contributed by atoms with Crippen LogP contribution in [0.5, 0.6) is 11.6 Å². The number of ether oxygens (including phenoxy) is 2. The molecule has 3 aliphatic rings. The van der Waals surface area contributed by atoms with Crippen LogP contribution in [0.2, 0.25) is 0 Å².